The molecule has 0 atom stereocenters. The van der Waals surface area contributed by atoms with Crippen LogP contribution in [0.4, 0.5) is 0 Å². The molecule has 0 spiro atoms. The topological polar surface area (TPSA) is 76.4 Å². The van der Waals surface area contributed by atoms with E-state index in [4.69, 9.17) is 4.74 Å². The maximum absolute atomic E-state index is 5.72. The van der Waals surface area contributed by atoms with E-state index in [9.17, 15) is 0 Å². The number of nitrogens with one attached hydrogen (secondary N) is 2. The molecule has 0 saturated heterocycles. The van der Waals surface area contributed by atoms with Gasteiger partial charge in [0.2, 0.25) is 0 Å². The quantitative estimate of drug-likeness (QED) is 0.286. The average molecular weight is 484 g/mol. The first-order valence-corrected chi connectivity index (χ1v) is 9.31. The molecule has 0 amide bonds. The second kappa shape index (κ2) is 11.1. The Morgan fingerprint density at radius 3 is 2.74 bits per heavy atom. The molecule has 1 aromatic carbocycles. The lowest BCUT2D eigenvalue weighted by molar-refractivity contribution is 0.322. The van der Waals surface area contributed by atoms with Gasteiger partial charge in [-0.1, -0.05) is 24.1 Å². The van der Waals surface area contributed by atoms with Gasteiger partial charge in [0, 0.05) is 20.0 Å². The first kappa shape index (κ1) is 21.5. The van der Waals surface area contributed by atoms with Crippen LogP contribution in [0.2, 0.25) is 0 Å². The number of hydrogen-bond donors (Lipinski definition) is 2. The SMILES string of the molecule is CN=C(NCCOc1ccc(C)cc1)NCc1nnc2n1CCCCC2.I. The minimum Gasteiger partial charge on any atom is -0.492 e. The number of aliphatic imine (C=N–C) groups is 1. The number of benzene rings is 1. The molecule has 0 bridgehead atoms. The minimum absolute atomic E-state index is 0. The predicted molar refractivity (Wildman–Crippen MR) is 118 cm³/mol. The number of hydrogen-bond acceptors (Lipinski definition) is 4. The van der Waals surface area contributed by atoms with Crippen LogP contribution < -0.4 is 15.4 Å². The van der Waals surface area contributed by atoms with Crippen molar-refractivity contribution in [3.8, 4) is 5.75 Å². The summed E-state index contributed by atoms with van der Waals surface area (Å²) in [5.74, 6) is 3.70. The summed E-state index contributed by atoms with van der Waals surface area (Å²) in [6, 6.07) is 8.06. The molecule has 2 N–H and O–H groups in total. The summed E-state index contributed by atoms with van der Waals surface area (Å²) < 4.78 is 7.97. The second-order valence-corrected chi connectivity index (χ2v) is 6.51. The largest absolute Gasteiger partial charge is 0.492 e. The van der Waals surface area contributed by atoms with Gasteiger partial charge in [0.05, 0.1) is 13.1 Å². The molecule has 1 aromatic heterocycles. The number of aromatic nitrogens is 3. The summed E-state index contributed by atoms with van der Waals surface area (Å²) in [5.41, 5.74) is 1.23. The second-order valence-electron chi connectivity index (χ2n) is 6.51. The van der Waals surface area contributed by atoms with Crippen LogP contribution >= 0.6 is 24.0 Å². The van der Waals surface area contributed by atoms with Gasteiger partial charge in [0.1, 0.15) is 18.2 Å². The van der Waals surface area contributed by atoms with Crippen molar-refractivity contribution in [1.29, 1.82) is 0 Å². The Kier molecular flexibility index (Phi) is 8.83. The number of nitrogens with zero attached hydrogens (tertiary/aromatic N) is 4. The maximum Gasteiger partial charge on any atom is 0.191 e. The number of fused-ring (bicyclic) bond motifs is 1. The van der Waals surface area contributed by atoms with Gasteiger partial charge in [-0.3, -0.25) is 4.99 Å². The first-order chi connectivity index (χ1) is 12.8. The van der Waals surface area contributed by atoms with Crippen molar-refractivity contribution >= 4 is 29.9 Å². The van der Waals surface area contributed by atoms with Gasteiger partial charge in [-0.05, 0) is 31.9 Å². The fourth-order valence-electron chi connectivity index (χ4n) is 3.03. The molecule has 0 unspecified atom stereocenters. The van der Waals surface area contributed by atoms with Crippen LogP contribution in [0.3, 0.4) is 0 Å². The minimum atomic E-state index is 0. The lowest BCUT2D eigenvalue weighted by Crippen LogP contribution is -2.39. The van der Waals surface area contributed by atoms with Crippen LogP contribution in [0.15, 0.2) is 29.3 Å². The molecule has 2 aromatic rings. The standard InChI is InChI=1S/C19H28N6O.HI/c1-15-7-9-16(10-8-15)26-13-11-21-19(20-2)22-14-18-24-23-17-6-4-3-5-12-25(17)18;/h7-10H,3-6,11-14H2,1-2H3,(H2,20,21,22);1H. The van der Waals surface area contributed by atoms with Crippen molar-refractivity contribution in [2.45, 2.75) is 45.7 Å². The zero-order valence-electron chi connectivity index (χ0n) is 16.1. The Balaban J connectivity index is 0.00000261. The Morgan fingerprint density at radius 2 is 1.96 bits per heavy atom. The van der Waals surface area contributed by atoms with Crippen molar-refractivity contribution < 1.29 is 4.74 Å². The summed E-state index contributed by atoms with van der Waals surface area (Å²) in [6.45, 7) is 4.94. The number of halogens is 1. The average Bonchev–Trinajstić information content (AvgIpc) is 2.89. The smallest absolute Gasteiger partial charge is 0.191 e. The third kappa shape index (κ3) is 6.37. The highest BCUT2D eigenvalue weighted by Gasteiger charge is 2.14. The Bertz CT molecular complexity index is 728. The summed E-state index contributed by atoms with van der Waals surface area (Å²) in [4.78, 5) is 4.26. The van der Waals surface area contributed by atoms with Crippen LogP contribution in [0.5, 0.6) is 5.75 Å². The van der Waals surface area contributed by atoms with E-state index in [2.05, 4.69) is 37.3 Å². The zero-order chi connectivity index (χ0) is 18.2. The third-order valence-corrected chi connectivity index (χ3v) is 4.51. The van der Waals surface area contributed by atoms with E-state index in [1.165, 1.54) is 24.8 Å². The molecular weight excluding hydrogens is 455 g/mol. The fourth-order valence-corrected chi connectivity index (χ4v) is 3.03. The lowest BCUT2D eigenvalue weighted by Gasteiger charge is -2.13. The van der Waals surface area contributed by atoms with Crippen molar-refractivity contribution in [3.05, 3.63) is 41.5 Å². The normalized spacial score (nSPS) is 13.9. The van der Waals surface area contributed by atoms with Crippen molar-refractivity contribution in [2.75, 3.05) is 20.2 Å². The summed E-state index contributed by atoms with van der Waals surface area (Å²) in [7, 11) is 1.76. The van der Waals surface area contributed by atoms with E-state index in [1.807, 2.05) is 24.3 Å². The Hall–Kier alpha value is -1.84. The third-order valence-electron chi connectivity index (χ3n) is 4.51. The van der Waals surface area contributed by atoms with Crippen LogP contribution in [-0.2, 0) is 19.5 Å². The summed E-state index contributed by atoms with van der Waals surface area (Å²) in [5, 5.41) is 15.2. The molecule has 0 aliphatic carbocycles. The highest BCUT2D eigenvalue weighted by Crippen LogP contribution is 2.14. The molecule has 0 saturated carbocycles. The van der Waals surface area contributed by atoms with Crippen molar-refractivity contribution in [1.82, 2.24) is 25.4 Å². The molecule has 1 aliphatic rings. The van der Waals surface area contributed by atoms with Gasteiger partial charge in [0.15, 0.2) is 11.8 Å². The summed E-state index contributed by atoms with van der Waals surface area (Å²) >= 11 is 0. The molecular formula is C19H29IN6O. The predicted octanol–water partition coefficient (Wildman–Crippen LogP) is 2.67. The number of ether oxygens (including phenoxy) is 1. The van der Waals surface area contributed by atoms with E-state index in [-0.39, 0.29) is 24.0 Å². The number of guanidine groups is 1. The monoisotopic (exact) mass is 484 g/mol. The molecule has 0 fully saturated rings. The van der Waals surface area contributed by atoms with Gasteiger partial charge < -0.3 is 19.9 Å². The number of aryl methyl sites for hydroxylation is 2. The van der Waals surface area contributed by atoms with Gasteiger partial charge >= 0.3 is 0 Å². The zero-order valence-corrected chi connectivity index (χ0v) is 18.4. The van der Waals surface area contributed by atoms with Gasteiger partial charge in [-0.25, -0.2) is 0 Å². The number of rotatable bonds is 6. The van der Waals surface area contributed by atoms with E-state index in [1.54, 1.807) is 7.05 Å². The molecule has 27 heavy (non-hydrogen) atoms. The van der Waals surface area contributed by atoms with Crippen LogP contribution in [0.25, 0.3) is 0 Å². The fraction of sp³-hybridized carbons (Fsp3) is 0.526. The van der Waals surface area contributed by atoms with Crippen LogP contribution in [0.1, 0.15) is 36.5 Å². The Morgan fingerprint density at radius 1 is 1.15 bits per heavy atom. The van der Waals surface area contributed by atoms with Gasteiger partial charge in [0.25, 0.3) is 0 Å². The van der Waals surface area contributed by atoms with E-state index < -0.39 is 0 Å². The van der Waals surface area contributed by atoms with Crippen molar-refractivity contribution in [2.24, 2.45) is 4.99 Å². The maximum atomic E-state index is 5.72. The van der Waals surface area contributed by atoms with Crippen molar-refractivity contribution in [3.63, 3.8) is 0 Å². The summed E-state index contributed by atoms with van der Waals surface area (Å²) in [6.07, 6.45) is 4.69. The highest BCUT2D eigenvalue weighted by atomic mass is 127. The molecule has 7 nitrogen and oxygen atoms in total. The lowest BCUT2D eigenvalue weighted by atomic mass is 10.2. The molecule has 8 heteroatoms. The molecule has 148 valence electrons. The van der Waals surface area contributed by atoms with Crippen LogP contribution in [-0.4, -0.2) is 40.9 Å². The van der Waals surface area contributed by atoms with Crippen LogP contribution in [0, 0.1) is 6.92 Å². The van der Waals surface area contributed by atoms with E-state index >= 15 is 0 Å². The van der Waals surface area contributed by atoms with E-state index in [0.29, 0.717) is 19.7 Å². The molecule has 1 aliphatic heterocycles. The molecule has 2 heterocycles. The van der Waals surface area contributed by atoms with Gasteiger partial charge in [-0.2, -0.15) is 0 Å². The van der Waals surface area contributed by atoms with E-state index in [0.717, 1.165) is 36.3 Å². The van der Waals surface area contributed by atoms with Gasteiger partial charge in [-0.15, -0.1) is 34.2 Å². The molecule has 3 rings (SSSR count). The highest BCUT2D eigenvalue weighted by molar-refractivity contribution is 14.0. The Labute approximate surface area is 178 Å². The molecule has 0 radical (unpaired) electrons. The first-order valence-electron chi connectivity index (χ1n) is 9.31.